The van der Waals surface area contributed by atoms with Crippen LogP contribution in [0.4, 0.5) is 13.2 Å². The molecule has 0 bridgehead atoms. The summed E-state index contributed by atoms with van der Waals surface area (Å²) in [6, 6.07) is 10.1. The highest BCUT2D eigenvalue weighted by Gasteiger charge is 2.31. The van der Waals surface area contributed by atoms with Crippen LogP contribution in [-0.2, 0) is 11.2 Å². The first-order chi connectivity index (χ1) is 10.8. The van der Waals surface area contributed by atoms with Gasteiger partial charge in [-0.25, -0.2) is 0 Å². The van der Waals surface area contributed by atoms with Gasteiger partial charge in [-0.05, 0) is 35.4 Å². The molecular formula is C16H13F3O4. The Morgan fingerprint density at radius 3 is 2.52 bits per heavy atom. The minimum Gasteiger partial charge on any atom is -0.496 e. The maximum Gasteiger partial charge on any atom is 0.573 e. The lowest BCUT2D eigenvalue weighted by Crippen LogP contribution is -2.17. The van der Waals surface area contributed by atoms with E-state index in [1.807, 2.05) is 0 Å². The lowest BCUT2D eigenvalue weighted by Gasteiger charge is -2.13. The average Bonchev–Trinajstić information content (AvgIpc) is 2.45. The SMILES string of the molecule is COc1ccc(CC(=O)O)cc1-c1cccc(OC(F)(F)F)c1. The maximum absolute atomic E-state index is 12.3. The fourth-order valence-electron chi connectivity index (χ4n) is 2.13. The quantitative estimate of drug-likeness (QED) is 0.906. The van der Waals surface area contributed by atoms with Gasteiger partial charge in [0, 0.05) is 5.56 Å². The molecule has 0 heterocycles. The van der Waals surface area contributed by atoms with Crippen molar-refractivity contribution in [2.24, 2.45) is 0 Å². The number of aliphatic carboxylic acids is 1. The molecule has 0 amide bonds. The average molecular weight is 326 g/mol. The summed E-state index contributed by atoms with van der Waals surface area (Å²) in [6.07, 6.45) is -4.98. The first-order valence-electron chi connectivity index (χ1n) is 6.53. The zero-order valence-corrected chi connectivity index (χ0v) is 12.1. The van der Waals surface area contributed by atoms with Crippen molar-refractivity contribution >= 4 is 5.97 Å². The van der Waals surface area contributed by atoms with Gasteiger partial charge in [-0.1, -0.05) is 18.2 Å². The third kappa shape index (κ3) is 4.64. The zero-order chi connectivity index (χ0) is 17.0. The molecule has 1 N–H and O–H groups in total. The molecule has 0 spiro atoms. The van der Waals surface area contributed by atoms with E-state index in [1.54, 1.807) is 24.3 Å². The van der Waals surface area contributed by atoms with Crippen molar-refractivity contribution in [3.63, 3.8) is 0 Å². The van der Waals surface area contributed by atoms with Crippen LogP contribution in [0.15, 0.2) is 42.5 Å². The van der Waals surface area contributed by atoms with Gasteiger partial charge in [0.25, 0.3) is 0 Å². The Morgan fingerprint density at radius 2 is 1.91 bits per heavy atom. The van der Waals surface area contributed by atoms with Crippen LogP contribution < -0.4 is 9.47 Å². The minimum absolute atomic E-state index is 0.199. The van der Waals surface area contributed by atoms with E-state index in [2.05, 4.69) is 4.74 Å². The number of rotatable bonds is 5. The Hall–Kier alpha value is -2.70. The normalized spacial score (nSPS) is 11.1. The van der Waals surface area contributed by atoms with Gasteiger partial charge in [0.2, 0.25) is 0 Å². The lowest BCUT2D eigenvalue weighted by molar-refractivity contribution is -0.274. The third-order valence-electron chi connectivity index (χ3n) is 3.00. The number of ether oxygens (including phenoxy) is 2. The van der Waals surface area contributed by atoms with E-state index >= 15 is 0 Å². The van der Waals surface area contributed by atoms with Crippen LogP contribution in [0.25, 0.3) is 11.1 Å². The van der Waals surface area contributed by atoms with E-state index in [0.29, 0.717) is 22.4 Å². The van der Waals surface area contributed by atoms with Crippen LogP contribution in [0, 0.1) is 0 Å². The summed E-state index contributed by atoms with van der Waals surface area (Å²) in [5.41, 5.74) is 1.42. The smallest absolute Gasteiger partial charge is 0.496 e. The minimum atomic E-state index is -4.78. The molecule has 122 valence electrons. The molecule has 2 aromatic carbocycles. The molecule has 0 unspecified atom stereocenters. The summed E-state index contributed by atoms with van der Waals surface area (Å²) in [5, 5.41) is 8.85. The molecule has 2 rings (SSSR count). The van der Waals surface area contributed by atoms with E-state index in [9.17, 15) is 18.0 Å². The largest absolute Gasteiger partial charge is 0.573 e. The second-order valence-electron chi connectivity index (χ2n) is 4.68. The lowest BCUT2D eigenvalue weighted by atomic mass is 10.0. The molecule has 0 saturated carbocycles. The van der Waals surface area contributed by atoms with Crippen LogP contribution in [0.1, 0.15) is 5.56 Å². The molecule has 7 heteroatoms. The van der Waals surface area contributed by atoms with Crippen molar-refractivity contribution in [3.8, 4) is 22.6 Å². The predicted molar refractivity (Wildman–Crippen MR) is 76.5 cm³/mol. The number of hydrogen-bond donors (Lipinski definition) is 1. The Balaban J connectivity index is 2.43. The molecule has 4 nitrogen and oxygen atoms in total. The monoisotopic (exact) mass is 326 g/mol. The summed E-state index contributed by atoms with van der Waals surface area (Å²) < 4.78 is 46.0. The van der Waals surface area contributed by atoms with Crippen LogP contribution in [-0.4, -0.2) is 24.5 Å². The Morgan fingerprint density at radius 1 is 1.17 bits per heavy atom. The molecule has 0 aliphatic carbocycles. The zero-order valence-electron chi connectivity index (χ0n) is 12.1. The van der Waals surface area contributed by atoms with Gasteiger partial charge in [-0.3, -0.25) is 4.79 Å². The van der Waals surface area contributed by atoms with Crippen molar-refractivity contribution in [2.45, 2.75) is 12.8 Å². The molecule has 0 aromatic heterocycles. The van der Waals surface area contributed by atoms with Crippen molar-refractivity contribution < 1.29 is 32.5 Å². The highest BCUT2D eigenvalue weighted by Crippen LogP contribution is 2.34. The van der Waals surface area contributed by atoms with Crippen molar-refractivity contribution in [3.05, 3.63) is 48.0 Å². The van der Waals surface area contributed by atoms with E-state index in [1.165, 1.54) is 25.3 Å². The van der Waals surface area contributed by atoms with E-state index in [-0.39, 0.29) is 12.2 Å². The van der Waals surface area contributed by atoms with Crippen LogP contribution in [0.2, 0.25) is 0 Å². The molecule has 0 aliphatic rings. The number of halogens is 3. The Labute approximate surface area is 130 Å². The number of carbonyl (C=O) groups is 1. The second-order valence-corrected chi connectivity index (χ2v) is 4.68. The number of alkyl halides is 3. The number of hydrogen-bond acceptors (Lipinski definition) is 3. The molecular weight excluding hydrogens is 313 g/mol. The summed E-state index contributed by atoms with van der Waals surface area (Å²) in [4.78, 5) is 10.8. The highest BCUT2D eigenvalue weighted by atomic mass is 19.4. The van der Waals surface area contributed by atoms with Crippen molar-refractivity contribution in [1.29, 1.82) is 0 Å². The van der Waals surface area contributed by atoms with Gasteiger partial charge in [-0.2, -0.15) is 0 Å². The number of methoxy groups -OCH3 is 1. The third-order valence-corrected chi connectivity index (χ3v) is 3.00. The van der Waals surface area contributed by atoms with E-state index in [4.69, 9.17) is 9.84 Å². The Bertz CT molecular complexity index is 711. The van der Waals surface area contributed by atoms with E-state index in [0.717, 1.165) is 0 Å². The molecule has 0 aliphatic heterocycles. The molecule has 0 radical (unpaired) electrons. The standard InChI is InChI=1S/C16H13F3O4/c1-22-14-6-5-10(8-15(20)21)7-13(14)11-3-2-4-12(9-11)23-16(17,18)19/h2-7,9H,8H2,1H3,(H,20,21). The molecule has 23 heavy (non-hydrogen) atoms. The number of carboxylic acids is 1. The molecule has 2 aromatic rings. The van der Waals surface area contributed by atoms with E-state index < -0.39 is 12.3 Å². The fourth-order valence-corrected chi connectivity index (χ4v) is 2.13. The van der Waals surface area contributed by atoms with Crippen LogP contribution >= 0.6 is 0 Å². The maximum atomic E-state index is 12.3. The number of carboxylic acid groups (broad SMARTS) is 1. The highest BCUT2D eigenvalue weighted by molar-refractivity contribution is 5.75. The molecule has 0 fully saturated rings. The summed E-state index contributed by atoms with van der Waals surface area (Å²) >= 11 is 0. The first kappa shape index (κ1) is 16.7. The van der Waals surface area contributed by atoms with Gasteiger partial charge < -0.3 is 14.6 Å². The van der Waals surface area contributed by atoms with Crippen LogP contribution in [0.5, 0.6) is 11.5 Å². The molecule has 0 saturated heterocycles. The summed E-state index contributed by atoms with van der Waals surface area (Å²) in [6.45, 7) is 0. The van der Waals surface area contributed by atoms with Gasteiger partial charge in [0.05, 0.1) is 13.5 Å². The van der Waals surface area contributed by atoms with Crippen LogP contribution in [0.3, 0.4) is 0 Å². The second kappa shape index (κ2) is 6.60. The van der Waals surface area contributed by atoms with Gasteiger partial charge >= 0.3 is 12.3 Å². The topological polar surface area (TPSA) is 55.8 Å². The molecule has 0 atom stereocenters. The predicted octanol–water partition coefficient (Wildman–Crippen LogP) is 3.89. The van der Waals surface area contributed by atoms with Gasteiger partial charge in [-0.15, -0.1) is 13.2 Å². The van der Waals surface area contributed by atoms with Crippen molar-refractivity contribution in [2.75, 3.05) is 7.11 Å². The van der Waals surface area contributed by atoms with Crippen molar-refractivity contribution in [1.82, 2.24) is 0 Å². The first-order valence-corrected chi connectivity index (χ1v) is 6.53. The summed E-state index contributed by atoms with van der Waals surface area (Å²) in [5.74, 6) is -0.945. The fraction of sp³-hybridized carbons (Fsp3) is 0.188. The van der Waals surface area contributed by atoms with Gasteiger partial charge in [0.1, 0.15) is 11.5 Å². The van der Waals surface area contributed by atoms with Gasteiger partial charge in [0.15, 0.2) is 0 Å². The number of benzene rings is 2. The summed E-state index contributed by atoms with van der Waals surface area (Å²) in [7, 11) is 1.42. The Kier molecular flexibility index (Phi) is 4.78.